The molecule has 0 bridgehead atoms. The predicted molar refractivity (Wildman–Crippen MR) is 236 cm³/mol. The molecule has 0 aliphatic carbocycles. The largest absolute Gasteiger partial charge is 0.454 e. The van der Waals surface area contributed by atoms with Crippen molar-refractivity contribution in [2.75, 3.05) is 0 Å². The van der Waals surface area contributed by atoms with Crippen molar-refractivity contribution in [1.82, 2.24) is 19.5 Å². The average Bonchev–Trinajstić information content (AvgIpc) is 3.96. The van der Waals surface area contributed by atoms with E-state index in [1.165, 1.54) is 26.2 Å². The Hall–Kier alpha value is -7.41. The van der Waals surface area contributed by atoms with Crippen LogP contribution in [0.5, 0.6) is 0 Å². The maximum atomic E-state index is 6.99. The van der Waals surface area contributed by atoms with Gasteiger partial charge in [0.25, 0.3) is 0 Å². The van der Waals surface area contributed by atoms with Crippen molar-refractivity contribution < 1.29 is 4.42 Å². The molecule has 266 valence electrons. The summed E-state index contributed by atoms with van der Waals surface area (Å²) < 4.78 is 11.7. The fraction of sp³-hybridized carbons (Fsp3) is 0. The van der Waals surface area contributed by atoms with Crippen LogP contribution in [0.25, 0.3) is 115 Å². The molecular weight excluding hydrogens is 717 g/mol. The van der Waals surface area contributed by atoms with Gasteiger partial charge in [-0.1, -0.05) is 140 Å². The van der Waals surface area contributed by atoms with E-state index in [2.05, 4.69) is 162 Å². The van der Waals surface area contributed by atoms with Gasteiger partial charge in [0.05, 0.1) is 16.7 Å². The summed E-state index contributed by atoms with van der Waals surface area (Å²) in [6.45, 7) is 0. The Bertz CT molecular complexity index is 3470. The summed E-state index contributed by atoms with van der Waals surface area (Å²) in [5.41, 5.74) is 9.80. The van der Waals surface area contributed by atoms with E-state index in [0.29, 0.717) is 17.5 Å². The molecule has 0 radical (unpaired) electrons. The third kappa shape index (κ3) is 4.98. The first-order valence-electron chi connectivity index (χ1n) is 19.0. The van der Waals surface area contributed by atoms with Gasteiger partial charge in [0.2, 0.25) is 0 Å². The number of hydrogen-bond donors (Lipinski definition) is 0. The molecule has 0 saturated heterocycles. The topological polar surface area (TPSA) is 56.7 Å². The highest BCUT2D eigenvalue weighted by atomic mass is 32.1. The zero-order valence-electron chi connectivity index (χ0n) is 30.4. The Balaban J connectivity index is 1.17. The summed E-state index contributed by atoms with van der Waals surface area (Å²) in [5.74, 6) is 1.85. The van der Waals surface area contributed by atoms with Gasteiger partial charge < -0.3 is 8.98 Å². The number of nitrogens with zero attached hydrogens (tertiary/aromatic N) is 4. The monoisotopic (exact) mass is 746 g/mol. The Morgan fingerprint density at radius 2 is 1.00 bits per heavy atom. The quantitative estimate of drug-likeness (QED) is 0.176. The molecule has 0 aliphatic rings. The highest BCUT2D eigenvalue weighted by Crippen LogP contribution is 2.44. The lowest BCUT2D eigenvalue weighted by Gasteiger charge is -2.12. The van der Waals surface area contributed by atoms with E-state index < -0.39 is 0 Å². The Morgan fingerprint density at radius 3 is 1.75 bits per heavy atom. The molecule has 0 N–H and O–H groups in total. The van der Waals surface area contributed by atoms with Gasteiger partial charge in [-0.3, -0.25) is 0 Å². The van der Waals surface area contributed by atoms with Crippen LogP contribution in [0.4, 0.5) is 0 Å². The third-order valence-electron chi connectivity index (χ3n) is 11.1. The number of rotatable bonds is 5. The molecular formula is C51H30N4OS. The van der Waals surface area contributed by atoms with Crippen LogP contribution < -0.4 is 0 Å². The number of hydrogen-bond acceptors (Lipinski definition) is 5. The van der Waals surface area contributed by atoms with Crippen LogP contribution in [0.15, 0.2) is 186 Å². The lowest BCUT2D eigenvalue weighted by atomic mass is 9.99. The minimum absolute atomic E-state index is 0.591. The summed E-state index contributed by atoms with van der Waals surface area (Å²) in [6.07, 6.45) is 0. The number of furan rings is 1. The molecule has 5 nitrogen and oxygen atoms in total. The van der Waals surface area contributed by atoms with Crippen molar-refractivity contribution in [2.45, 2.75) is 0 Å². The van der Waals surface area contributed by atoms with Crippen molar-refractivity contribution in [1.29, 1.82) is 0 Å². The molecule has 0 atom stereocenters. The lowest BCUT2D eigenvalue weighted by molar-refractivity contribution is 0.666. The molecule has 6 heteroatoms. The minimum atomic E-state index is 0.591. The molecule has 8 aromatic carbocycles. The zero-order valence-corrected chi connectivity index (χ0v) is 31.2. The highest BCUT2D eigenvalue weighted by Gasteiger charge is 2.23. The van der Waals surface area contributed by atoms with Crippen molar-refractivity contribution in [3.63, 3.8) is 0 Å². The Kier molecular flexibility index (Phi) is 7.03. The molecule has 0 spiro atoms. The Labute approximate surface area is 330 Å². The van der Waals surface area contributed by atoms with Crippen LogP contribution in [0.3, 0.4) is 0 Å². The van der Waals surface area contributed by atoms with Gasteiger partial charge in [-0.25, -0.2) is 15.0 Å². The van der Waals surface area contributed by atoms with E-state index in [-0.39, 0.29) is 0 Å². The van der Waals surface area contributed by atoms with E-state index >= 15 is 0 Å². The van der Waals surface area contributed by atoms with Crippen LogP contribution in [0, 0.1) is 0 Å². The molecule has 0 aliphatic heterocycles. The molecule has 0 unspecified atom stereocenters. The molecule has 4 aromatic heterocycles. The molecule has 12 rings (SSSR count). The van der Waals surface area contributed by atoms with E-state index in [1.807, 2.05) is 24.3 Å². The van der Waals surface area contributed by atoms with Crippen molar-refractivity contribution in [3.05, 3.63) is 182 Å². The second kappa shape index (κ2) is 12.6. The van der Waals surface area contributed by atoms with Gasteiger partial charge in [-0.05, 0) is 53.6 Å². The van der Waals surface area contributed by atoms with Crippen LogP contribution >= 0.6 is 11.3 Å². The second-order valence-corrected chi connectivity index (χ2v) is 15.4. The van der Waals surface area contributed by atoms with Crippen molar-refractivity contribution in [3.8, 4) is 51.0 Å². The van der Waals surface area contributed by atoms with Crippen LogP contribution in [-0.4, -0.2) is 19.5 Å². The van der Waals surface area contributed by atoms with Crippen LogP contribution in [0.1, 0.15) is 0 Å². The summed E-state index contributed by atoms with van der Waals surface area (Å²) >= 11 is 1.78. The maximum absolute atomic E-state index is 6.99. The molecule has 4 heterocycles. The first-order chi connectivity index (χ1) is 28.3. The predicted octanol–water partition coefficient (Wildman–Crippen LogP) is 13.9. The summed E-state index contributed by atoms with van der Waals surface area (Å²) in [6, 6.07) is 63.7. The zero-order chi connectivity index (χ0) is 37.5. The van der Waals surface area contributed by atoms with Gasteiger partial charge >= 0.3 is 0 Å². The summed E-state index contributed by atoms with van der Waals surface area (Å²) in [7, 11) is 0. The van der Waals surface area contributed by atoms with Crippen molar-refractivity contribution in [2.24, 2.45) is 0 Å². The summed E-state index contributed by atoms with van der Waals surface area (Å²) in [4.78, 5) is 15.7. The number of aromatic nitrogens is 4. The molecule has 0 amide bonds. The van der Waals surface area contributed by atoms with Gasteiger partial charge in [0, 0.05) is 58.4 Å². The molecule has 57 heavy (non-hydrogen) atoms. The first-order valence-corrected chi connectivity index (χ1v) is 19.8. The number of para-hydroxylation sites is 2. The smallest absolute Gasteiger partial charge is 0.165 e. The lowest BCUT2D eigenvalue weighted by Crippen LogP contribution is -2.00. The van der Waals surface area contributed by atoms with E-state index in [4.69, 9.17) is 19.4 Å². The molecule has 0 fully saturated rings. The number of fused-ring (bicyclic) bond motifs is 9. The number of thiophene rings is 1. The van der Waals surface area contributed by atoms with Gasteiger partial charge in [-0.2, -0.15) is 0 Å². The van der Waals surface area contributed by atoms with Crippen molar-refractivity contribution >= 4 is 75.3 Å². The molecule has 0 saturated carbocycles. The van der Waals surface area contributed by atoms with Gasteiger partial charge in [0.1, 0.15) is 5.58 Å². The molecule has 12 aromatic rings. The summed E-state index contributed by atoms with van der Waals surface area (Å²) in [5, 5.41) is 6.79. The maximum Gasteiger partial charge on any atom is 0.165 e. The standard InChI is InChI=1S/C51H30N4OS/c1-3-15-31(16-4-1)33-29-40-46-38(23-14-27-44(46)56-47(40)43(30-33)55-41-25-10-7-19-34(41)35-20-8-11-26-42(35)55)50-52-49(32-17-5-2-6-18-32)53-51(54-50)39-24-13-22-37-36-21-9-12-28-45(36)57-48(37)39/h1-30H. The minimum Gasteiger partial charge on any atom is -0.454 e. The first kappa shape index (κ1) is 31.9. The van der Waals surface area contributed by atoms with Crippen LogP contribution in [-0.2, 0) is 0 Å². The Morgan fingerprint density at radius 1 is 0.421 bits per heavy atom. The van der Waals surface area contributed by atoms with Gasteiger partial charge in [0.15, 0.2) is 23.1 Å². The van der Waals surface area contributed by atoms with Crippen LogP contribution in [0.2, 0.25) is 0 Å². The second-order valence-electron chi connectivity index (χ2n) is 14.3. The van der Waals surface area contributed by atoms with E-state index in [1.54, 1.807) is 11.3 Å². The number of benzene rings is 8. The average molecular weight is 747 g/mol. The fourth-order valence-electron chi connectivity index (χ4n) is 8.50. The van der Waals surface area contributed by atoms with E-state index in [0.717, 1.165) is 71.2 Å². The SMILES string of the molecule is c1ccc(-c2cc(-n3c4ccccc4c4ccccc43)c3oc4cccc(-c5nc(-c6ccccc6)nc(-c6cccc7c6sc6ccccc67)n5)c4c3c2)cc1. The fourth-order valence-corrected chi connectivity index (χ4v) is 9.71. The highest BCUT2D eigenvalue weighted by molar-refractivity contribution is 7.26. The third-order valence-corrected chi connectivity index (χ3v) is 12.3. The van der Waals surface area contributed by atoms with Gasteiger partial charge in [-0.15, -0.1) is 11.3 Å². The normalized spacial score (nSPS) is 11.9. The van der Waals surface area contributed by atoms with E-state index in [9.17, 15) is 0 Å².